The highest BCUT2D eigenvalue weighted by molar-refractivity contribution is 7.99. The Morgan fingerprint density at radius 3 is 2.82 bits per heavy atom. The lowest BCUT2D eigenvalue weighted by Gasteiger charge is -2.11. The van der Waals surface area contributed by atoms with E-state index >= 15 is 0 Å². The number of sulfonamides is 1. The molecule has 5 nitrogen and oxygen atoms in total. The van der Waals surface area contributed by atoms with Crippen LogP contribution in [-0.2, 0) is 10.0 Å². The molecule has 7 heteroatoms. The molecule has 0 bridgehead atoms. The van der Waals surface area contributed by atoms with E-state index in [1.165, 1.54) is 6.20 Å². The number of nitrogens with one attached hydrogen (secondary N) is 2. The zero-order valence-electron chi connectivity index (χ0n) is 9.93. The SMILES string of the molecule is CSC1CCC(NS(=O)(=O)c2cnc(C)[nH]2)C1. The molecule has 0 saturated heterocycles. The van der Waals surface area contributed by atoms with Gasteiger partial charge in [0, 0.05) is 11.3 Å². The van der Waals surface area contributed by atoms with Crippen molar-refractivity contribution in [3.63, 3.8) is 0 Å². The summed E-state index contributed by atoms with van der Waals surface area (Å²) < 4.78 is 26.8. The molecule has 1 aliphatic carbocycles. The molecule has 0 amide bonds. The predicted octanol–water partition coefficient (Wildman–Crippen LogP) is 1.28. The first-order chi connectivity index (χ1) is 8.01. The molecule has 1 saturated carbocycles. The van der Waals surface area contributed by atoms with Gasteiger partial charge in [-0.05, 0) is 32.4 Å². The van der Waals surface area contributed by atoms with Gasteiger partial charge in [-0.15, -0.1) is 0 Å². The number of hydrogen-bond acceptors (Lipinski definition) is 4. The topological polar surface area (TPSA) is 74.8 Å². The quantitative estimate of drug-likeness (QED) is 0.868. The van der Waals surface area contributed by atoms with Crippen molar-refractivity contribution < 1.29 is 8.42 Å². The Hall–Kier alpha value is -0.530. The number of H-pyrrole nitrogens is 1. The van der Waals surface area contributed by atoms with Crippen molar-refractivity contribution in [3.05, 3.63) is 12.0 Å². The molecular formula is C10H17N3O2S2. The molecule has 2 unspecified atom stereocenters. The molecule has 0 aliphatic heterocycles. The summed E-state index contributed by atoms with van der Waals surface area (Å²) in [6, 6.07) is 0.0565. The summed E-state index contributed by atoms with van der Waals surface area (Å²) in [4.78, 5) is 6.66. The van der Waals surface area contributed by atoms with E-state index < -0.39 is 10.0 Å². The maximum atomic E-state index is 12.0. The Morgan fingerprint density at radius 1 is 1.53 bits per heavy atom. The van der Waals surface area contributed by atoms with Crippen molar-refractivity contribution in [2.24, 2.45) is 0 Å². The van der Waals surface area contributed by atoms with Crippen LogP contribution in [0.3, 0.4) is 0 Å². The van der Waals surface area contributed by atoms with Gasteiger partial charge in [-0.2, -0.15) is 11.8 Å². The number of aromatic amines is 1. The van der Waals surface area contributed by atoms with Gasteiger partial charge in [-0.1, -0.05) is 0 Å². The summed E-state index contributed by atoms with van der Waals surface area (Å²) in [5, 5.41) is 0.730. The van der Waals surface area contributed by atoms with Crippen molar-refractivity contribution in [3.8, 4) is 0 Å². The molecule has 2 N–H and O–H groups in total. The maximum Gasteiger partial charge on any atom is 0.257 e. The van der Waals surface area contributed by atoms with Crippen molar-refractivity contribution in [2.75, 3.05) is 6.26 Å². The van der Waals surface area contributed by atoms with Gasteiger partial charge in [0.2, 0.25) is 0 Å². The lowest BCUT2D eigenvalue weighted by atomic mass is 10.3. The standard InChI is InChI=1S/C10H17N3O2S2/c1-7-11-6-10(12-7)17(14,15)13-8-3-4-9(5-8)16-2/h6,8-9,13H,3-5H2,1-2H3,(H,11,12). The van der Waals surface area contributed by atoms with E-state index in [0.717, 1.165) is 19.3 Å². The lowest BCUT2D eigenvalue weighted by molar-refractivity contribution is 0.549. The van der Waals surface area contributed by atoms with Crippen molar-refractivity contribution in [1.29, 1.82) is 0 Å². The highest BCUT2D eigenvalue weighted by Crippen LogP contribution is 2.28. The Bertz CT molecular complexity index is 483. The van der Waals surface area contributed by atoms with Gasteiger partial charge in [0.1, 0.15) is 5.82 Å². The van der Waals surface area contributed by atoms with Crippen molar-refractivity contribution >= 4 is 21.8 Å². The highest BCUT2D eigenvalue weighted by atomic mass is 32.2. The molecule has 0 spiro atoms. The maximum absolute atomic E-state index is 12.0. The van der Waals surface area contributed by atoms with Gasteiger partial charge >= 0.3 is 0 Å². The largest absolute Gasteiger partial charge is 0.332 e. The van der Waals surface area contributed by atoms with Gasteiger partial charge in [0.05, 0.1) is 6.20 Å². The number of aromatic nitrogens is 2. The van der Waals surface area contributed by atoms with Crippen LogP contribution >= 0.6 is 11.8 Å². The summed E-state index contributed by atoms with van der Waals surface area (Å²) in [6.07, 6.45) is 6.33. The third-order valence-corrected chi connectivity index (χ3v) is 5.53. The minimum absolute atomic E-state index is 0.0565. The Balaban J connectivity index is 2.03. The number of thioether (sulfide) groups is 1. The molecule has 0 radical (unpaired) electrons. The summed E-state index contributed by atoms with van der Waals surface area (Å²) >= 11 is 1.81. The van der Waals surface area contributed by atoms with Gasteiger partial charge < -0.3 is 4.98 Å². The van der Waals surface area contributed by atoms with Crippen molar-refractivity contribution in [1.82, 2.24) is 14.7 Å². The van der Waals surface area contributed by atoms with Crippen LogP contribution < -0.4 is 4.72 Å². The molecule has 17 heavy (non-hydrogen) atoms. The minimum atomic E-state index is -3.43. The average molecular weight is 275 g/mol. The zero-order valence-corrected chi connectivity index (χ0v) is 11.6. The summed E-state index contributed by atoms with van der Waals surface area (Å²) in [6.45, 7) is 1.73. The molecule has 1 fully saturated rings. The molecule has 1 aliphatic rings. The summed E-state index contributed by atoms with van der Waals surface area (Å²) in [5.74, 6) is 0.610. The van der Waals surface area contributed by atoms with Crippen LogP contribution in [0.1, 0.15) is 25.1 Å². The number of nitrogens with zero attached hydrogens (tertiary/aromatic N) is 1. The van der Waals surface area contributed by atoms with Gasteiger partial charge in [-0.25, -0.2) is 18.1 Å². The van der Waals surface area contributed by atoms with Crippen LogP contribution in [0, 0.1) is 6.92 Å². The van der Waals surface area contributed by atoms with E-state index in [9.17, 15) is 8.42 Å². The van der Waals surface area contributed by atoms with E-state index in [2.05, 4.69) is 20.9 Å². The minimum Gasteiger partial charge on any atom is -0.332 e. The van der Waals surface area contributed by atoms with Crippen LogP contribution in [-0.4, -0.2) is 35.9 Å². The Labute approximate surface area is 106 Å². The van der Waals surface area contributed by atoms with Gasteiger partial charge in [-0.3, -0.25) is 0 Å². The fourth-order valence-electron chi connectivity index (χ4n) is 2.08. The van der Waals surface area contributed by atoms with E-state index in [0.29, 0.717) is 11.1 Å². The van der Waals surface area contributed by atoms with Crippen LogP contribution in [0.4, 0.5) is 0 Å². The molecule has 0 aromatic carbocycles. The van der Waals surface area contributed by atoms with Gasteiger partial charge in [0.15, 0.2) is 5.03 Å². The number of aryl methyl sites for hydroxylation is 1. The van der Waals surface area contributed by atoms with E-state index in [-0.39, 0.29) is 11.1 Å². The average Bonchev–Trinajstić information content (AvgIpc) is 2.86. The smallest absolute Gasteiger partial charge is 0.257 e. The molecule has 1 heterocycles. The lowest BCUT2D eigenvalue weighted by Crippen LogP contribution is -2.33. The first kappa shape index (κ1) is 12.9. The van der Waals surface area contributed by atoms with Gasteiger partial charge in [0.25, 0.3) is 10.0 Å². The number of imidazole rings is 1. The fraction of sp³-hybridized carbons (Fsp3) is 0.700. The van der Waals surface area contributed by atoms with Crippen LogP contribution in [0.5, 0.6) is 0 Å². The van der Waals surface area contributed by atoms with Crippen LogP contribution in [0.15, 0.2) is 11.2 Å². The third kappa shape index (κ3) is 3.02. The van der Waals surface area contributed by atoms with Crippen LogP contribution in [0.25, 0.3) is 0 Å². The first-order valence-corrected chi connectivity index (χ1v) is 8.35. The Kier molecular flexibility index (Phi) is 3.79. The second kappa shape index (κ2) is 4.99. The predicted molar refractivity (Wildman–Crippen MR) is 68.6 cm³/mol. The monoisotopic (exact) mass is 275 g/mol. The summed E-state index contributed by atoms with van der Waals surface area (Å²) in [7, 11) is -3.43. The first-order valence-electron chi connectivity index (χ1n) is 5.58. The number of hydrogen-bond donors (Lipinski definition) is 2. The van der Waals surface area contributed by atoms with E-state index in [4.69, 9.17) is 0 Å². The summed E-state index contributed by atoms with van der Waals surface area (Å²) in [5.41, 5.74) is 0. The Morgan fingerprint density at radius 2 is 2.29 bits per heavy atom. The number of rotatable bonds is 4. The molecule has 96 valence electrons. The molecule has 2 atom stereocenters. The van der Waals surface area contributed by atoms with E-state index in [1.807, 2.05) is 11.8 Å². The highest BCUT2D eigenvalue weighted by Gasteiger charge is 2.28. The zero-order chi connectivity index (χ0) is 12.5. The molecule has 1 aromatic heterocycles. The van der Waals surface area contributed by atoms with Crippen molar-refractivity contribution in [2.45, 2.75) is 42.5 Å². The molecule has 2 rings (SSSR count). The fourth-order valence-corrected chi connectivity index (χ4v) is 4.13. The second-order valence-corrected chi connectivity index (χ2v) is 7.14. The second-order valence-electron chi connectivity index (χ2n) is 4.32. The molecular weight excluding hydrogens is 258 g/mol. The van der Waals surface area contributed by atoms with Crippen LogP contribution in [0.2, 0.25) is 0 Å². The molecule has 1 aromatic rings. The third-order valence-electron chi connectivity index (χ3n) is 3.01. The normalized spacial score (nSPS) is 25.3. The van der Waals surface area contributed by atoms with E-state index in [1.54, 1.807) is 6.92 Å².